The Morgan fingerprint density at radius 1 is 1.42 bits per heavy atom. The molecule has 3 fully saturated rings. The topological polar surface area (TPSA) is 45.2 Å². The molecule has 1 atom stereocenters. The average molecular weight is 257 g/mol. The Kier molecular flexibility index (Phi) is 3.60. The SMILES string of the molecule is O=C(/C=C/c1cccnc1)N[C@H]1CN2CCC1CC2. The van der Waals surface area contributed by atoms with Crippen molar-refractivity contribution in [1.29, 1.82) is 0 Å². The van der Waals surface area contributed by atoms with Crippen LogP contribution in [0.25, 0.3) is 6.08 Å². The number of carbonyl (C=O) groups excluding carboxylic acids is 1. The van der Waals surface area contributed by atoms with Crippen LogP contribution in [0.15, 0.2) is 30.6 Å². The summed E-state index contributed by atoms with van der Waals surface area (Å²) < 4.78 is 0. The van der Waals surface area contributed by atoms with E-state index in [2.05, 4.69) is 15.2 Å². The van der Waals surface area contributed by atoms with Gasteiger partial charge in [-0.15, -0.1) is 0 Å². The first kappa shape index (κ1) is 12.4. The van der Waals surface area contributed by atoms with E-state index in [-0.39, 0.29) is 5.91 Å². The molecule has 4 nitrogen and oxygen atoms in total. The zero-order valence-corrected chi connectivity index (χ0v) is 11.0. The van der Waals surface area contributed by atoms with Crippen LogP contribution in [-0.2, 0) is 4.79 Å². The van der Waals surface area contributed by atoms with Crippen molar-refractivity contribution < 1.29 is 4.79 Å². The van der Waals surface area contributed by atoms with E-state index in [1.807, 2.05) is 18.2 Å². The summed E-state index contributed by atoms with van der Waals surface area (Å²) in [6, 6.07) is 4.13. The minimum Gasteiger partial charge on any atom is -0.348 e. The predicted molar refractivity (Wildman–Crippen MR) is 74.4 cm³/mol. The standard InChI is InChI=1S/C15H19N3O/c19-15(4-3-12-2-1-7-16-10-12)17-14-11-18-8-5-13(14)6-9-18/h1-4,7,10,13-14H,5-6,8-9,11H2,(H,17,19)/b4-3+/t14-/m0/s1. The number of rotatable bonds is 3. The number of hydrogen-bond donors (Lipinski definition) is 1. The van der Waals surface area contributed by atoms with Crippen LogP contribution in [-0.4, -0.2) is 41.5 Å². The smallest absolute Gasteiger partial charge is 0.244 e. The van der Waals surface area contributed by atoms with Gasteiger partial charge in [-0.05, 0) is 49.6 Å². The van der Waals surface area contributed by atoms with Crippen LogP contribution in [0.5, 0.6) is 0 Å². The van der Waals surface area contributed by atoms with E-state index in [0.29, 0.717) is 12.0 Å². The van der Waals surface area contributed by atoms with Gasteiger partial charge in [0.05, 0.1) is 0 Å². The van der Waals surface area contributed by atoms with E-state index >= 15 is 0 Å². The molecule has 1 amide bonds. The highest BCUT2D eigenvalue weighted by atomic mass is 16.1. The van der Waals surface area contributed by atoms with Crippen LogP contribution >= 0.6 is 0 Å². The molecular weight excluding hydrogens is 238 g/mol. The zero-order valence-electron chi connectivity index (χ0n) is 11.0. The van der Waals surface area contributed by atoms with Gasteiger partial charge in [0.2, 0.25) is 5.91 Å². The molecule has 1 N–H and O–H groups in total. The van der Waals surface area contributed by atoms with Gasteiger partial charge in [-0.2, -0.15) is 0 Å². The fraction of sp³-hybridized carbons (Fsp3) is 0.467. The largest absolute Gasteiger partial charge is 0.348 e. The Hall–Kier alpha value is -1.68. The van der Waals surface area contributed by atoms with Gasteiger partial charge in [0, 0.05) is 31.1 Å². The summed E-state index contributed by atoms with van der Waals surface area (Å²) in [5.41, 5.74) is 0.951. The van der Waals surface area contributed by atoms with Gasteiger partial charge < -0.3 is 10.2 Å². The predicted octanol–water partition coefficient (Wildman–Crippen LogP) is 1.31. The molecule has 3 saturated heterocycles. The molecule has 0 aliphatic carbocycles. The molecule has 0 spiro atoms. The maximum absolute atomic E-state index is 11.9. The van der Waals surface area contributed by atoms with Gasteiger partial charge >= 0.3 is 0 Å². The summed E-state index contributed by atoms with van der Waals surface area (Å²) in [5, 5.41) is 3.13. The zero-order chi connectivity index (χ0) is 13.1. The summed E-state index contributed by atoms with van der Waals surface area (Å²) >= 11 is 0. The number of nitrogens with one attached hydrogen (secondary N) is 1. The molecule has 1 aromatic rings. The lowest BCUT2D eigenvalue weighted by Crippen LogP contribution is -2.57. The van der Waals surface area contributed by atoms with Crippen molar-refractivity contribution in [2.45, 2.75) is 18.9 Å². The summed E-state index contributed by atoms with van der Waals surface area (Å²) in [6.45, 7) is 3.41. The molecule has 0 unspecified atom stereocenters. The molecule has 0 aromatic carbocycles. The second kappa shape index (κ2) is 5.53. The summed E-state index contributed by atoms with van der Waals surface area (Å²) in [5.74, 6) is 0.670. The Morgan fingerprint density at radius 3 is 2.89 bits per heavy atom. The van der Waals surface area contributed by atoms with E-state index in [4.69, 9.17) is 0 Å². The first-order chi connectivity index (χ1) is 9.31. The lowest BCUT2D eigenvalue weighted by molar-refractivity contribution is -0.118. The third kappa shape index (κ3) is 3.01. The molecule has 3 aliphatic heterocycles. The number of amides is 1. The molecule has 100 valence electrons. The van der Waals surface area contributed by atoms with Crippen LogP contribution in [0.3, 0.4) is 0 Å². The van der Waals surface area contributed by atoms with Crippen molar-refractivity contribution in [3.8, 4) is 0 Å². The van der Waals surface area contributed by atoms with E-state index in [1.165, 1.54) is 25.9 Å². The maximum Gasteiger partial charge on any atom is 0.244 e. The van der Waals surface area contributed by atoms with Crippen molar-refractivity contribution >= 4 is 12.0 Å². The number of piperidine rings is 3. The van der Waals surface area contributed by atoms with Crippen molar-refractivity contribution in [2.24, 2.45) is 5.92 Å². The normalized spacial score (nSPS) is 29.6. The second-order valence-electron chi connectivity index (χ2n) is 5.37. The monoisotopic (exact) mass is 257 g/mol. The molecule has 19 heavy (non-hydrogen) atoms. The molecule has 4 heteroatoms. The Labute approximate surface area is 113 Å². The Bertz CT molecular complexity index is 464. The first-order valence-electron chi connectivity index (χ1n) is 6.92. The van der Waals surface area contributed by atoms with Gasteiger partial charge in [0.25, 0.3) is 0 Å². The Morgan fingerprint density at radius 2 is 2.26 bits per heavy atom. The van der Waals surface area contributed by atoms with Crippen LogP contribution in [0.4, 0.5) is 0 Å². The molecule has 0 radical (unpaired) electrons. The third-order valence-electron chi connectivity index (χ3n) is 4.10. The minimum atomic E-state index is 0.00241. The number of carbonyl (C=O) groups is 1. The molecule has 4 heterocycles. The number of nitrogens with zero attached hydrogens (tertiary/aromatic N) is 2. The molecule has 4 rings (SSSR count). The van der Waals surface area contributed by atoms with E-state index in [0.717, 1.165) is 12.1 Å². The highest BCUT2D eigenvalue weighted by Crippen LogP contribution is 2.27. The lowest BCUT2D eigenvalue weighted by atomic mass is 9.84. The highest BCUT2D eigenvalue weighted by molar-refractivity contribution is 5.91. The highest BCUT2D eigenvalue weighted by Gasteiger charge is 2.34. The number of aromatic nitrogens is 1. The molecular formula is C15H19N3O. The van der Waals surface area contributed by atoms with Gasteiger partial charge in [0.15, 0.2) is 0 Å². The third-order valence-corrected chi connectivity index (χ3v) is 4.10. The van der Waals surface area contributed by atoms with Gasteiger partial charge in [-0.3, -0.25) is 9.78 Å². The van der Waals surface area contributed by atoms with Gasteiger partial charge in [0.1, 0.15) is 0 Å². The van der Waals surface area contributed by atoms with Crippen LogP contribution in [0, 0.1) is 5.92 Å². The summed E-state index contributed by atoms with van der Waals surface area (Å²) in [6.07, 6.45) is 9.33. The Balaban J connectivity index is 1.55. The van der Waals surface area contributed by atoms with E-state index in [9.17, 15) is 4.79 Å². The molecule has 0 saturated carbocycles. The number of hydrogen-bond acceptors (Lipinski definition) is 3. The summed E-state index contributed by atoms with van der Waals surface area (Å²) in [4.78, 5) is 18.4. The van der Waals surface area contributed by atoms with Crippen LogP contribution < -0.4 is 5.32 Å². The van der Waals surface area contributed by atoms with Crippen LogP contribution in [0.2, 0.25) is 0 Å². The molecule has 2 bridgehead atoms. The lowest BCUT2D eigenvalue weighted by Gasteiger charge is -2.44. The molecule has 1 aromatic heterocycles. The number of pyridine rings is 1. The summed E-state index contributed by atoms with van der Waals surface area (Å²) in [7, 11) is 0. The van der Waals surface area contributed by atoms with Crippen molar-refractivity contribution in [3.63, 3.8) is 0 Å². The van der Waals surface area contributed by atoms with Crippen molar-refractivity contribution in [3.05, 3.63) is 36.2 Å². The van der Waals surface area contributed by atoms with E-state index < -0.39 is 0 Å². The fourth-order valence-electron chi connectivity index (χ4n) is 3.01. The van der Waals surface area contributed by atoms with Gasteiger partial charge in [-0.25, -0.2) is 0 Å². The number of fused-ring (bicyclic) bond motifs is 3. The second-order valence-corrected chi connectivity index (χ2v) is 5.37. The minimum absolute atomic E-state index is 0.00241. The maximum atomic E-state index is 11.9. The van der Waals surface area contributed by atoms with Crippen molar-refractivity contribution in [2.75, 3.05) is 19.6 Å². The molecule has 3 aliphatic rings. The van der Waals surface area contributed by atoms with Crippen LogP contribution in [0.1, 0.15) is 18.4 Å². The quantitative estimate of drug-likeness (QED) is 0.830. The first-order valence-corrected chi connectivity index (χ1v) is 6.92. The average Bonchev–Trinajstić information content (AvgIpc) is 2.47. The van der Waals surface area contributed by atoms with E-state index in [1.54, 1.807) is 18.5 Å². The van der Waals surface area contributed by atoms with Gasteiger partial charge in [-0.1, -0.05) is 6.07 Å². The van der Waals surface area contributed by atoms with Crippen molar-refractivity contribution in [1.82, 2.24) is 15.2 Å². The fourth-order valence-corrected chi connectivity index (χ4v) is 3.01.